The smallest absolute Gasteiger partial charge is 0.124 e. The Morgan fingerprint density at radius 1 is 1.25 bits per heavy atom. The van der Waals surface area contributed by atoms with Crippen molar-refractivity contribution in [2.75, 3.05) is 6.61 Å². The maximum absolute atomic E-state index is 5.93. The summed E-state index contributed by atoms with van der Waals surface area (Å²) in [5.41, 5.74) is 8.26. The molecule has 1 rings (SSSR count). The molecule has 2 heteroatoms. The number of hydrogen-bond acceptors (Lipinski definition) is 2. The van der Waals surface area contributed by atoms with Crippen LogP contribution >= 0.6 is 0 Å². The normalized spacial score (nSPS) is 12.9. The van der Waals surface area contributed by atoms with Crippen LogP contribution in [0.25, 0.3) is 0 Å². The van der Waals surface area contributed by atoms with Crippen molar-refractivity contribution in [2.45, 2.75) is 40.2 Å². The van der Waals surface area contributed by atoms with Gasteiger partial charge in [-0.05, 0) is 32.3 Å². The molecule has 0 bridgehead atoms. The minimum atomic E-state index is 0.0222. The number of ether oxygens (including phenoxy) is 1. The quantitative estimate of drug-likeness (QED) is 0.826. The van der Waals surface area contributed by atoms with E-state index in [1.165, 1.54) is 5.56 Å². The molecule has 1 unspecified atom stereocenters. The van der Waals surface area contributed by atoms with E-state index in [1.54, 1.807) is 0 Å². The molecule has 0 saturated carbocycles. The zero-order valence-corrected chi connectivity index (χ0v) is 10.8. The van der Waals surface area contributed by atoms with Crippen molar-refractivity contribution in [1.29, 1.82) is 0 Å². The number of rotatable bonds is 5. The zero-order valence-electron chi connectivity index (χ0n) is 10.8. The van der Waals surface area contributed by atoms with E-state index in [9.17, 15) is 0 Å². The topological polar surface area (TPSA) is 35.2 Å². The second kappa shape index (κ2) is 5.90. The fraction of sp³-hybridized carbons (Fsp3) is 0.571. The maximum Gasteiger partial charge on any atom is 0.124 e. The number of hydrogen-bond donors (Lipinski definition) is 1. The van der Waals surface area contributed by atoms with E-state index >= 15 is 0 Å². The van der Waals surface area contributed by atoms with Crippen LogP contribution in [0.1, 0.15) is 44.4 Å². The van der Waals surface area contributed by atoms with Crippen LogP contribution < -0.4 is 10.5 Å². The molecule has 0 heterocycles. The van der Waals surface area contributed by atoms with Crippen molar-refractivity contribution in [3.05, 3.63) is 29.3 Å². The first kappa shape index (κ1) is 13.0. The molecule has 0 aliphatic rings. The van der Waals surface area contributed by atoms with Gasteiger partial charge in [-0.25, -0.2) is 0 Å². The Hall–Kier alpha value is -1.02. The minimum absolute atomic E-state index is 0.0222. The number of aryl methyl sites for hydroxylation is 1. The van der Waals surface area contributed by atoms with Crippen molar-refractivity contribution in [3.63, 3.8) is 0 Å². The first-order valence-electron chi connectivity index (χ1n) is 5.99. The lowest BCUT2D eigenvalue weighted by Gasteiger charge is -2.15. The molecular formula is C14H23NO. The van der Waals surface area contributed by atoms with Gasteiger partial charge in [-0.1, -0.05) is 31.5 Å². The fourth-order valence-electron chi connectivity index (χ4n) is 1.56. The number of nitrogens with two attached hydrogens (primary N) is 1. The summed E-state index contributed by atoms with van der Waals surface area (Å²) in [5, 5.41) is 0. The van der Waals surface area contributed by atoms with Gasteiger partial charge < -0.3 is 10.5 Å². The average Bonchev–Trinajstić information content (AvgIpc) is 2.19. The maximum atomic E-state index is 5.93. The molecule has 90 valence electrons. The standard InChI is InChI=1S/C14H23NO/c1-10(2)7-8-16-14-6-5-11(3)9-13(14)12(4)15/h5-6,9-10,12H,7-8,15H2,1-4H3. The monoisotopic (exact) mass is 221 g/mol. The SMILES string of the molecule is Cc1ccc(OCCC(C)C)c(C(C)N)c1. The van der Waals surface area contributed by atoms with E-state index < -0.39 is 0 Å². The van der Waals surface area contributed by atoms with Crippen molar-refractivity contribution >= 4 is 0 Å². The third-order valence-electron chi connectivity index (χ3n) is 2.61. The Bertz CT molecular complexity index is 332. The summed E-state index contributed by atoms with van der Waals surface area (Å²) < 4.78 is 5.78. The van der Waals surface area contributed by atoms with E-state index in [1.807, 2.05) is 13.0 Å². The molecule has 0 aliphatic carbocycles. The Morgan fingerprint density at radius 2 is 1.94 bits per heavy atom. The zero-order chi connectivity index (χ0) is 12.1. The summed E-state index contributed by atoms with van der Waals surface area (Å²) in [6.45, 7) is 9.23. The van der Waals surface area contributed by atoms with E-state index in [4.69, 9.17) is 10.5 Å². The largest absolute Gasteiger partial charge is 0.493 e. The highest BCUT2D eigenvalue weighted by Gasteiger charge is 2.08. The van der Waals surface area contributed by atoms with Crippen LogP contribution in [-0.2, 0) is 0 Å². The van der Waals surface area contributed by atoms with Gasteiger partial charge in [-0.3, -0.25) is 0 Å². The Labute approximate surface area is 98.8 Å². The summed E-state index contributed by atoms with van der Waals surface area (Å²) in [7, 11) is 0. The van der Waals surface area contributed by atoms with Crippen LogP contribution in [-0.4, -0.2) is 6.61 Å². The van der Waals surface area contributed by atoms with E-state index in [0.717, 1.165) is 24.3 Å². The molecule has 0 fully saturated rings. The summed E-state index contributed by atoms with van der Waals surface area (Å²) in [5.74, 6) is 1.60. The highest BCUT2D eigenvalue weighted by atomic mass is 16.5. The average molecular weight is 221 g/mol. The Balaban J connectivity index is 2.71. The van der Waals surface area contributed by atoms with E-state index in [-0.39, 0.29) is 6.04 Å². The second-order valence-corrected chi connectivity index (χ2v) is 4.86. The van der Waals surface area contributed by atoms with E-state index in [0.29, 0.717) is 5.92 Å². The van der Waals surface area contributed by atoms with E-state index in [2.05, 4.69) is 32.9 Å². The summed E-state index contributed by atoms with van der Waals surface area (Å²) in [6.07, 6.45) is 1.08. The Kier molecular flexibility index (Phi) is 4.81. The molecule has 2 nitrogen and oxygen atoms in total. The molecule has 0 amide bonds. The van der Waals surface area contributed by atoms with Crippen LogP contribution in [0.15, 0.2) is 18.2 Å². The van der Waals surface area contributed by atoms with Gasteiger partial charge >= 0.3 is 0 Å². The predicted molar refractivity (Wildman–Crippen MR) is 68.7 cm³/mol. The summed E-state index contributed by atoms with van der Waals surface area (Å²) in [6, 6.07) is 6.22. The molecule has 16 heavy (non-hydrogen) atoms. The van der Waals surface area contributed by atoms with Gasteiger partial charge in [0.15, 0.2) is 0 Å². The fourth-order valence-corrected chi connectivity index (χ4v) is 1.56. The van der Waals surface area contributed by atoms with Crippen LogP contribution in [0, 0.1) is 12.8 Å². The van der Waals surface area contributed by atoms with Gasteiger partial charge in [-0.2, -0.15) is 0 Å². The molecule has 0 spiro atoms. The summed E-state index contributed by atoms with van der Waals surface area (Å²) >= 11 is 0. The van der Waals surface area contributed by atoms with Crippen molar-refractivity contribution in [3.8, 4) is 5.75 Å². The molecule has 0 aliphatic heterocycles. The highest BCUT2D eigenvalue weighted by molar-refractivity contribution is 5.38. The minimum Gasteiger partial charge on any atom is -0.493 e. The van der Waals surface area contributed by atoms with Gasteiger partial charge in [-0.15, -0.1) is 0 Å². The number of benzene rings is 1. The highest BCUT2D eigenvalue weighted by Crippen LogP contribution is 2.25. The summed E-state index contributed by atoms with van der Waals surface area (Å²) in [4.78, 5) is 0. The van der Waals surface area contributed by atoms with Crippen molar-refractivity contribution in [1.82, 2.24) is 0 Å². The lowest BCUT2D eigenvalue weighted by molar-refractivity contribution is 0.285. The lowest BCUT2D eigenvalue weighted by atomic mass is 10.1. The van der Waals surface area contributed by atoms with Crippen LogP contribution in [0.3, 0.4) is 0 Å². The third kappa shape index (κ3) is 3.86. The van der Waals surface area contributed by atoms with Crippen LogP contribution in [0.4, 0.5) is 0 Å². The van der Waals surface area contributed by atoms with Gasteiger partial charge in [0.2, 0.25) is 0 Å². The van der Waals surface area contributed by atoms with Crippen molar-refractivity contribution in [2.24, 2.45) is 11.7 Å². The Morgan fingerprint density at radius 3 is 2.50 bits per heavy atom. The lowest BCUT2D eigenvalue weighted by Crippen LogP contribution is -2.09. The van der Waals surface area contributed by atoms with Crippen LogP contribution in [0.5, 0.6) is 5.75 Å². The first-order chi connectivity index (χ1) is 7.50. The predicted octanol–water partition coefficient (Wildman–Crippen LogP) is 3.44. The van der Waals surface area contributed by atoms with Gasteiger partial charge in [0.1, 0.15) is 5.75 Å². The molecule has 1 atom stereocenters. The first-order valence-corrected chi connectivity index (χ1v) is 5.99. The van der Waals surface area contributed by atoms with Gasteiger partial charge in [0.25, 0.3) is 0 Å². The molecule has 0 radical (unpaired) electrons. The molecule has 0 saturated heterocycles. The van der Waals surface area contributed by atoms with Gasteiger partial charge in [0, 0.05) is 11.6 Å². The molecule has 2 N–H and O–H groups in total. The molecular weight excluding hydrogens is 198 g/mol. The molecule has 1 aromatic rings. The third-order valence-corrected chi connectivity index (χ3v) is 2.61. The molecule has 1 aromatic carbocycles. The van der Waals surface area contributed by atoms with Crippen molar-refractivity contribution < 1.29 is 4.74 Å². The second-order valence-electron chi connectivity index (χ2n) is 4.86. The van der Waals surface area contributed by atoms with Crippen LogP contribution in [0.2, 0.25) is 0 Å². The van der Waals surface area contributed by atoms with Gasteiger partial charge in [0.05, 0.1) is 6.61 Å². The molecule has 0 aromatic heterocycles.